The second kappa shape index (κ2) is 34.4. The third-order valence-electron chi connectivity index (χ3n) is 16.1. The molecule has 7 rings (SSSR count). The molecule has 0 saturated carbocycles. The number of nitrogens with one attached hydrogen (secondary N) is 4. The number of fused-ring (bicyclic) bond motifs is 1. The molecule has 0 bridgehead atoms. The molecule has 25 heteroatoms. The highest BCUT2D eigenvalue weighted by molar-refractivity contribution is 6.38. The number of carbonyl (C=O) groups excluding carboxylic acids is 11. The minimum absolute atomic E-state index is 0.0605. The fourth-order valence-electron chi connectivity index (χ4n) is 10.5. The van der Waals surface area contributed by atoms with E-state index < -0.39 is 95.2 Å². The van der Waals surface area contributed by atoms with Crippen molar-refractivity contribution in [2.24, 2.45) is 5.41 Å². The standard InChI is InChI=1S/C67H82N6O19/c1-6-66(2,3)59(78)62(81)72-33-11-10-21-49(72)63(82)92-50(25-23-44-24-26-51(85-4)53(40-44)86-5)46-18-12-19-47(41-46)70-55(75)28-27-54(74)68-31-14-34-87-36-38-89-39-37-88-35-15-32-69-57(77)43-90-52-22-13-20-48-58(52)61(80)73(60(48)79)67(30-29-56(76)71-64(67)83)65(84)91-42-45-16-8-7-9-17-45/h7-9,12-13,16-20,22,24,26,40-41,49-50H,6,10-11,14-15,21,23,25,27-39,42-43H2,1-5H3,(H,68,74)(H,69,77)(H,70,75)(H,71,76,83)/t49-,50+,67+/m0/s1. The summed E-state index contributed by atoms with van der Waals surface area (Å²) in [5, 5.41) is 10.4. The van der Waals surface area contributed by atoms with Gasteiger partial charge in [-0.1, -0.05) is 75.4 Å². The summed E-state index contributed by atoms with van der Waals surface area (Å²) < 4.78 is 45.1. The van der Waals surface area contributed by atoms with Crippen LogP contribution in [-0.4, -0.2) is 166 Å². The lowest BCUT2D eigenvalue weighted by atomic mass is 9.84. The van der Waals surface area contributed by atoms with E-state index in [2.05, 4.69) is 21.3 Å². The van der Waals surface area contributed by atoms with E-state index in [-0.39, 0.29) is 68.3 Å². The Hall–Kier alpha value is -9.07. The van der Waals surface area contributed by atoms with E-state index in [1.165, 1.54) is 23.1 Å². The van der Waals surface area contributed by atoms with Gasteiger partial charge in [0.1, 0.15) is 24.5 Å². The van der Waals surface area contributed by atoms with Crippen molar-refractivity contribution in [3.05, 3.63) is 119 Å². The number of rotatable bonds is 36. The Balaban J connectivity index is 0.747. The maximum Gasteiger partial charge on any atom is 0.342 e. The topological polar surface area (TPSA) is 316 Å². The maximum absolute atomic E-state index is 14.1. The first-order valence-corrected chi connectivity index (χ1v) is 30.9. The second-order valence-corrected chi connectivity index (χ2v) is 22.9. The van der Waals surface area contributed by atoms with Gasteiger partial charge in [0.05, 0.1) is 51.8 Å². The Labute approximate surface area is 534 Å². The van der Waals surface area contributed by atoms with Crippen LogP contribution < -0.4 is 35.5 Å². The van der Waals surface area contributed by atoms with E-state index >= 15 is 0 Å². The lowest BCUT2D eigenvalue weighted by Gasteiger charge is -2.38. The molecule has 3 heterocycles. The zero-order chi connectivity index (χ0) is 66.2. The van der Waals surface area contributed by atoms with Crippen LogP contribution in [0.5, 0.6) is 17.2 Å². The molecular weight excluding hydrogens is 1190 g/mol. The monoisotopic (exact) mass is 1270 g/mol. The quantitative estimate of drug-likeness (QED) is 0.0140. The minimum atomic E-state index is -2.48. The molecule has 25 nitrogen and oxygen atoms in total. The van der Waals surface area contributed by atoms with Gasteiger partial charge in [0.2, 0.25) is 29.0 Å². The summed E-state index contributed by atoms with van der Waals surface area (Å²) in [4.78, 5) is 148. The molecule has 0 aliphatic carbocycles. The first kappa shape index (κ1) is 70.4. The van der Waals surface area contributed by atoms with E-state index in [9.17, 15) is 52.7 Å². The molecular formula is C67H82N6O19. The molecule has 2 fully saturated rings. The number of benzene rings is 4. The van der Waals surface area contributed by atoms with Crippen LogP contribution in [0.1, 0.15) is 135 Å². The molecule has 3 aliphatic rings. The smallest absolute Gasteiger partial charge is 0.342 e. The summed E-state index contributed by atoms with van der Waals surface area (Å²) in [5.41, 5.74) is -1.28. The van der Waals surface area contributed by atoms with Crippen molar-refractivity contribution >= 4 is 70.7 Å². The van der Waals surface area contributed by atoms with E-state index in [0.717, 1.165) is 5.56 Å². The van der Waals surface area contributed by atoms with Gasteiger partial charge in [0.15, 0.2) is 18.1 Å². The number of ether oxygens (including phenoxy) is 8. The maximum atomic E-state index is 14.1. The fraction of sp³-hybridized carbons (Fsp3) is 0.478. The Kier molecular flexibility index (Phi) is 26.3. The van der Waals surface area contributed by atoms with Crippen molar-refractivity contribution in [2.75, 3.05) is 85.4 Å². The first-order chi connectivity index (χ1) is 44.3. The number of Topliss-reactive ketones (excluding diaryl/α,β-unsaturated/α-hetero) is 1. The number of anilines is 1. The number of piperidine rings is 2. The van der Waals surface area contributed by atoms with Crippen LogP contribution in [-0.2, 0) is 79.9 Å². The zero-order valence-electron chi connectivity index (χ0n) is 52.7. The van der Waals surface area contributed by atoms with E-state index in [1.807, 2.05) is 19.1 Å². The molecule has 0 radical (unpaired) electrons. The van der Waals surface area contributed by atoms with Gasteiger partial charge in [-0.15, -0.1) is 0 Å². The molecule has 3 atom stereocenters. The van der Waals surface area contributed by atoms with Gasteiger partial charge in [-0.25, -0.2) is 14.5 Å². The van der Waals surface area contributed by atoms with Crippen LogP contribution in [0.4, 0.5) is 5.69 Å². The molecule has 92 heavy (non-hydrogen) atoms. The largest absolute Gasteiger partial charge is 0.493 e. The SMILES string of the molecule is CCC(C)(C)C(=O)C(=O)N1CCCC[C@H]1C(=O)O[C@H](CCc1ccc(OC)c(OC)c1)c1cccc(NC(=O)CCC(=O)NCCCOCCOCCOCCCNC(=O)COc2cccc3c2C(=O)N([C@]2(C(=O)OCc4ccccc4)CCC(=O)NC2=O)C3=O)c1. The molecule has 2 saturated heterocycles. The summed E-state index contributed by atoms with van der Waals surface area (Å²) in [6.45, 7) is 7.16. The third-order valence-corrected chi connectivity index (χ3v) is 16.1. The number of carbonyl (C=O) groups is 11. The Morgan fingerprint density at radius 3 is 2.07 bits per heavy atom. The first-order valence-electron chi connectivity index (χ1n) is 30.9. The third kappa shape index (κ3) is 18.8. The highest BCUT2D eigenvalue weighted by Crippen LogP contribution is 2.40. The average molecular weight is 1280 g/mol. The molecule has 494 valence electrons. The van der Waals surface area contributed by atoms with Gasteiger partial charge in [-0.2, -0.15) is 0 Å². The van der Waals surface area contributed by atoms with Crippen molar-refractivity contribution < 1.29 is 90.6 Å². The Bertz CT molecular complexity index is 3300. The second-order valence-electron chi connectivity index (χ2n) is 22.9. The number of ketones is 1. The minimum Gasteiger partial charge on any atom is -0.493 e. The normalized spacial score (nSPS) is 16.6. The van der Waals surface area contributed by atoms with Crippen molar-refractivity contribution in [3.63, 3.8) is 0 Å². The van der Waals surface area contributed by atoms with Crippen LogP contribution >= 0.6 is 0 Å². The van der Waals surface area contributed by atoms with E-state index in [1.54, 1.807) is 88.7 Å². The number of imide groups is 2. The molecule has 8 amide bonds. The van der Waals surface area contributed by atoms with Gasteiger partial charge in [-0.05, 0) is 111 Å². The average Bonchev–Trinajstić information content (AvgIpc) is 1.53. The highest BCUT2D eigenvalue weighted by atomic mass is 16.6. The van der Waals surface area contributed by atoms with Gasteiger partial charge < -0.3 is 58.7 Å². The van der Waals surface area contributed by atoms with Crippen LogP contribution in [0.15, 0.2) is 91.0 Å². The number of amides is 8. The van der Waals surface area contributed by atoms with Crippen LogP contribution in [0.3, 0.4) is 0 Å². The van der Waals surface area contributed by atoms with Crippen LogP contribution in [0.25, 0.3) is 0 Å². The number of esters is 2. The molecule has 4 aromatic carbocycles. The lowest BCUT2D eigenvalue weighted by molar-refractivity contribution is -0.165. The van der Waals surface area contributed by atoms with Crippen molar-refractivity contribution in [1.29, 1.82) is 0 Å². The van der Waals surface area contributed by atoms with Gasteiger partial charge >= 0.3 is 11.9 Å². The van der Waals surface area contributed by atoms with E-state index in [4.69, 9.17) is 37.9 Å². The summed E-state index contributed by atoms with van der Waals surface area (Å²) in [6, 6.07) is 24.2. The summed E-state index contributed by atoms with van der Waals surface area (Å²) >= 11 is 0. The number of hydrogen-bond donors (Lipinski definition) is 4. The molecule has 0 unspecified atom stereocenters. The predicted octanol–water partition coefficient (Wildman–Crippen LogP) is 5.68. The molecule has 3 aliphatic heterocycles. The predicted molar refractivity (Wildman–Crippen MR) is 331 cm³/mol. The number of methoxy groups -OCH3 is 2. The molecule has 4 aromatic rings. The van der Waals surface area contributed by atoms with Crippen molar-refractivity contribution in [3.8, 4) is 17.2 Å². The molecule has 0 spiro atoms. The van der Waals surface area contributed by atoms with Gasteiger partial charge in [-0.3, -0.25) is 48.5 Å². The van der Waals surface area contributed by atoms with Gasteiger partial charge in [0.25, 0.3) is 29.5 Å². The summed E-state index contributed by atoms with van der Waals surface area (Å²) in [5.74, 6) is -7.17. The highest BCUT2D eigenvalue weighted by Gasteiger charge is 2.62. The number of nitrogens with zero attached hydrogens (tertiary/aromatic N) is 2. The van der Waals surface area contributed by atoms with E-state index in [0.29, 0.717) is 124 Å². The van der Waals surface area contributed by atoms with Crippen LogP contribution in [0.2, 0.25) is 0 Å². The van der Waals surface area contributed by atoms with Crippen molar-refractivity contribution in [1.82, 2.24) is 25.8 Å². The molecule has 0 aromatic heterocycles. The molecule has 4 N–H and O–H groups in total. The number of likely N-dealkylation sites (tertiary alicyclic amines) is 1. The lowest BCUT2D eigenvalue weighted by Crippen LogP contribution is -2.68. The summed E-state index contributed by atoms with van der Waals surface area (Å²) in [6.07, 6.45) is 2.10. The zero-order valence-corrected chi connectivity index (χ0v) is 52.7. The number of hydrogen-bond acceptors (Lipinski definition) is 19. The Morgan fingerprint density at radius 2 is 1.38 bits per heavy atom. The van der Waals surface area contributed by atoms with Crippen LogP contribution in [0, 0.1) is 5.41 Å². The van der Waals surface area contributed by atoms with Gasteiger partial charge in [0, 0.05) is 63.2 Å². The fourth-order valence-corrected chi connectivity index (χ4v) is 10.5. The number of aryl methyl sites for hydroxylation is 1. The summed E-state index contributed by atoms with van der Waals surface area (Å²) in [7, 11) is 3.09. The van der Waals surface area contributed by atoms with Crippen molar-refractivity contribution in [2.45, 2.75) is 122 Å². The Morgan fingerprint density at radius 1 is 0.707 bits per heavy atom.